The van der Waals surface area contributed by atoms with E-state index in [2.05, 4.69) is 25.5 Å². The highest BCUT2D eigenvalue weighted by Gasteiger charge is 2.31. The zero-order valence-corrected chi connectivity index (χ0v) is 22.1. The van der Waals surface area contributed by atoms with Crippen molar-refractivity contribution in [3.8, 4) is 11.4 Å². The molecule has 214 valence electrons. The third kappa shape index (κ3) is 6.40. The second kappa shape index (κ2) is 11.5. The van der Waals surface area contributed by atoms with Crippen LogP contribution in [0.15, 0.2) is 65.8 Å². The van der Waals surface area contributed by atoms with Crippen LogP contribution in [-0.4, -0.2) is 52.2 Å². The highest BCUT2D eigenvalue weighted by Crippen LogP contribution is 2.35. The average molecular weight is 568 g/mol. The lowest BCUT2D eigenvalue weighted by Gasteiger charge is -2.29. The van der Waals surface area contributed by atoms with E-state index in [1.807, 2.05) is 7.05 Å². The number of piperidine rings is 1. The minimum absolute atomic E-state index is 0.0635. The third-order valence-corrected chi connectivity index (χ3v) is 6.98. The molecule has 0 bridgehead atoms. The zero-order valence-electron chi connectivity index (χ0n) is 22.1. The number of aromatic nitrogens is 3. The number of nitrogens with one attached hydrogen (secondary N) is 2. The Balaban J connectivity index is 1.31. The minimum Gasteiger partial charge on any atom is -0.491 e. The lowest BCUT2D eigenvalue weighted by molar-refractivity contribution is -0.137. The van der Waals surface area contributed by atoms with E-state index in [0.717, 1.165) is 38.1 Å². The number of ether oxygens (including phenoxy) is 1. The van der Waals surface area contributed by atoms with Crippen molar-refractivity contribution in [1.29, 1.82) is 0 Å². The van der Waals surface area contributed by atoms with Crippen molar-refractivity contribution < 1.29 is 22.7 Å². The van der Waals surface area contributed by atoms with Gasteiger partial charge < -0.3 is 30.6 Å². The fourth-order valence-corrected chi connectivity index (χ4v) is 4.67. The molecule has 1 fully saturated rings. The maximum absolute atomic E-state index is 13.4. The standard InChI is InChI=1S/C28H28F3N7O3/c1-37-11-8-17(9-12-37)15-41-23-7-2-18(28(29,30)31)14-21(23)36-27(40)35-19-3-5-20(6-4-19)38-13-10-22(39)24-25(32)33-16-34-26(24)38/h2-7,10,13-14,16-17H,8-9,11-12,15H2,1H3,(H2,32,33,34)(H2,35,36,40). The molecular formula is C28H28F3N7O3. The van der Waals surface area contributed by atoms with Gasteiger partial charge in [-0.3, -0.25) is 4.79 Å². The van der Waals surface area contributed by atoms with Gasteiger partial charge in [-0.1, -0.05) is 0 Å². The van der Waals surface area contributed by atoms with Gasteiger partial charge in [0.1, 0.15) is 23.3 Å². The first-order chi connectivity index (χ1) is 19.6. The lowest BCUT2D eigenvalue weighted by atomic mass is 9.98. The second-order valence-corrected chi connectivity index (χ2v) is 9.90. The first-order valence-corrected chi connectivity index (χ1v) is 12.9. The first kappa shape index (κ1) is 27.9. The third-order valence-electron chi connectivity index (χ3n) is 6.98. The molecule has 1 saturated heterocycles. The Bertz CT molecular complexity index is 1620. The number of urea groups is 1. The lowest BCUT2D eigenvalue weighted by Crippen LogP contribution is -2.32. The van der Waals surface area contributed by atoms with Crippen molar-refractivity contribution in [1.82, 2.24) is 19.4 Å². The van der Waals surface area contributed by atoms with Crippen LogP contribution in [0.2, 0.25) is 0 Å². The van der Waals surface area contributed by atoms with E-state index in [9.17, 15) is 22.8 Å². The van der Waals surface area contributed by atoms with Gasteiger partial charge in [-0.25, -0.2) is 14.8 Å². The summed E-state index contributed by atoms with van der Waals surface area (Å²) >= 11 is 0. The molecule has 0 atom stereocenters. The number of pyridine rings is 1. The van der Waals surface area contributed by atoms with Crippen LogP contribution in [0, 0.1) is 5.92 Å². The monoisotopic (exact) mass is 567 g/mol. The molecule has 4 aromatic rings. The number of fused-ring (bicyclic) bond motifs is 1. The highest BCUT2D eigenvalue weighted by molar-refractivity contribution is 6.00. The van der Waals surface area contributed by atoms with Gasteiger partial charge in [-0.05, 0) is 81.4 Å². The molecule has 3 heterocycles. The summed E-state index contributed by atoms with van der Waals surface area (Å²) < 4.78 is 47.7. The highest BCUT2D eigenvalue weighted by atomic mass is 19.4. The Morgan fingerprint density at radius 2 is 1.80 bits per heavy atom. The number of carbonyl (C=O) groups is 1. The largest absolute Gasteiger partial charge is 0.491 e. The van der Waals surface area contributed by atoms with Crippen LogP contribution >= 0.6 is 0 Å². The normalized spacial score (nSPS) is 14.6. The number of nitrogens with zero attached hydrogens (tertiary/aromatic N) is 4. The maximum Gasteiger partial charge on any atom is 0.416 e. The number of nitrogens with two attached hydrogens (primary N) is 1. The summed E-state index contributed by atoms with van der Waals surface area (Å²) in [5, 5.41) is 5.30. The van der Waals surface area contributed by atoms with Crippen LogP contribution in [0.25, 0.3) is 16.7 Å². The molecule has 1 aliphatic heterocycles. The number of amides is 2. The van der Waals surface area contributed by atoms with E-state index in [0.29, 0.717) is 23.6 Å². The fraction of sp³-hybridized carbons (Fsp3) is 0.286. The van der Waals surface area contributed by atoms with E-state index in [1.165, 1.54) is 18.5 Å². The number of likely N-dealkylation sites (tertiary alicyclic amines) is 1. The molecule has 13 heteroatoms. The molecule has 4 N–H and O–H groups in total. The van der Waals surface area contributed by atoms with Gasteiger partial charge in [0.15, 0.2) is 11.1 Å². The van der Waals surface area contributed by atoms with Crippen LogP contribution in [0.3, 0.4) is 0 Å². The molecule has 10 nitrogen and oxygen atoms in total. The zero-order chi connectivity index (χ0) is 29.1. The van der Waals surface area contributed by atoms with Crippen LogP contribution in [0.1, 0.15) is 18.4 Å². The minimum atomic E-state index is -4.59. The average Bonchev–Trinajstić information content (AvgIpc) is 2.93. The second-order valence-electron chi connectivity index (χ2n) is 9.90. The van der Waals surface area contributed by atoms with Gasteiger partial charge in [0, 0.05) is 23.6 Å². The summed E-state index contributed by atoms with van der Waals surface area (Å²) in [6, 6.07) is 10.2. The van der Waals surface area contributed by atoms with Gasteiger partial charge in [-0.15, -0.1) is 0 Å². The number of alkyl halides is 3. The number of rotatable bonds is 6. The number of hydrogen-bond donors (Lipinski definition) is 3. The van der Waals surface area contributed by atoms with Crippen molar-refractivity contribution in [3.63, 3.8) is 0 Å². The van der Waals surface area contributed by atoms with Gasteiger partial charge in [0.25, 0.3) is 0 Å². The van der Waals surface area contributed by atoms with Crippen molar-refractivity contribution in [2.45, 2.75) is 19.0 Å². The van der Waals surface area contributed by atoms with Gasteiger partial charge >= 0.3 is 12.2 Å². The number of anilines is 3. The molecule has 0 radical (unpaired) electrons. The molecule has 41 heavy (non-hydrogen) atoms. The Kier molecular flexibility index (Phi) is 7.79. The smallest absolute Gasteiger partial charge is 0.416 e. The Morgan fingerprint density at radius 3 is 2.51 bits per heavy atom. The Hall–Kier alpha value is -4.65. The summed E-state index contributed by atoms with van der Waals surface area (Å²) in [5.74, 6) is 0.499. The van der Waals surface area contributed by atoms with E-state index in [-0.39, 0.29) is 34.0 Å². The van der Waals surface area contributed by atoms with Crippen molar-refractivity contribution in [2.75, 3.05) is 43.1 Å². The predicted octanol–water partition coefficient (Wildman–Crippen LogP) is 4.75. The van der Waals surface area contributed by atoms with Crippen LogP contribution in [0.4, 0.5) is 35.2 Å². The molecule has 0 saturated carbocycles. The molecule has 0 aliphatic carbocycles. The topological polar surface area (TPSA) is 127 Å². The molecule has 2 amide bonds. The van der Waals surface area contributed by atoms with Crippen molar-refractivity contribution in [2.24, 2.45) is 5.92 Å². The van der Waals surface area contributed by atoms with Gasteiger partial charge in [0.2, 0.25) is 0 Å². The fourth-order valence-electron chi connectivity index (χ4n) is 4.67. The van der Waals surface area contributed by atoms with E-state index in [4.69, 9.17) is 10.5 Å². The summed E-state index contributed by atoms with van der Waals surface area (Å²) in [4.78, 5) is 35.3. The number of carbonyl (C=O) groups excluding carboxylic acids is 1. The number of nitrogen functional groups attached to an aromatic ring is 1. The molecular weight excluding hydrogens is 539 g/mol. The van der Waals surface area contributed by atoms with Gasteiger partial charge in [-0.2, -0.15) is 13.2 Å². The number of hydrogen-bond acceptors (Lipinski definition) is 7. The van der Waals surface area contributed by atoms with Crippen LogP contribution in [0.5, 0.6) is 5.75 Å². The summed E-state index contributed by atoms with van der Waals surface area (Å²) in [5.41, 5.74) is 5.89. The SMILES string of the molecule is CN1CCC(COc2ccc(C(F)(F)F)cc2NC(=O)Nc2ccc(-n3ccc(=O)c4c(N)ncnc43)cc2)CC1. The summed E-state index contributed by atoms with van der Waals surface area (Å²) in [6.45, 7) is 2.19. The molecule has 2 aromatic heterocycles. The first-order valence-electron chi connectivity index (χ1n) is 12.9. The van der Waals surface area contributed by atoms with E-state index < -0.39 is 17.8 Å². The molecule has 1 aliphatic rings. The predicted molar refractivity (Wildman–Crippen MR) is 149 cm³/mol. The number of benzene rings is 2. The Morgan fingerprint density at radius 1 is 1.07 bits per heavy atom. The van der Waals surface area contributed by atoms with Crippen molar-refractivity contribution >= 4 is 34.3 Å². The molecule has 2 aromatic carbocycles. The van der Waals surface area contributed by atoms with Crippen molar-refractivity contribution in [3.05, 3.63) is 76.8 Å². The maximum atomic E-state index is 13.4. The summed E-state index contributed by atoms with van der Waals surface area (Å²) in [6.07, 6.45) is 0.0645. The van der Waals surface area contributed by atoms with Crippen LogP contribution < -0.4 is 26.5 Å². The summed E-state index contributed by atoms with van der Waals surface area (Å²) in [7, 11) is 2.04. The Labute approximate surface area is 233 Å². The van der Waals surface area contributed by atoms with E-state index in [1.54, 1.807) is 35.0 Å². The van der Waals surface area contributed by atoms with E-state index >= 15 is 0 Å². The van der Waals surface area contributed by atoms with Gasteiger partial charge in [0.05, 0.1) is 17.9 Å². The van der Waals surface area contributed by atoms with Crippen LogP contribution in [-0.2, 0) is 6.18 Å². The molecule has 0 spiro atoms. The number of halogens is 3. The molecule has 0 unspecified atom stereocenters. The quantitative estimate of drug-likeness (QED) is 0.307. The molecule has 5 rings (SSSR count).